The summed E-state index contributed by atoms with van der Waals surface area (Å²) in [6.07, 6.45) is 8.46. The maximum atomic E-state index is 12.5. The number of likely N-dealkylation sites (tertiary alicyclic amines) is 1. The van der Waals surface area contributed by atoms with Gasteiger partial charge in [0.15, 0.2) is 0 Å². The van der Waals surface area contributed by atoms with E-state index in [1.807, 2.05) is 11.0 Å². The third-order valence-electron chi connectivity index (χ3n) is 5.66. The van der Waals surface area contributed by atoms with E-state index in [1.54, 1.807) is 0 Å². The van der Waals surface area contributed by atoms with Gasteiger partial charge in [0.25, 0.3) is 0 Å². The summed E-state index contributed by atoms with van der Waals surface area (Å²) in [7, 11) is 0. The lowest BCUT2D eigenvalue weighted by atomic mass is 10.1. The molecular formula is C19H24N2O2. The minimum atomic E-state index is -0.198. The van der Waals surface area contributed by atoms with Gasteiger partial charge in [-0.05, 0) is 55.4 Å². The summed E-state index contributed by atoms with van der Waals surface area (Å²) < 4.78 is 0. The number of carbonyl (C=O) groups excluding carboxylic acids is 2. The molecule has 4 nitrogen and oxygen atoms in total. The van der Waals surface area contributed by atoms with Crippen LogP contribution in [0.1, 0.15) is 49.7 Å². The van der Waals surface area contributed by atoms with Crippen LogP contribution in [0.4, 0.5) is 5.69 Å². The summed E-state index contributed by atoms with van der Waals surface area (Å²) in [5.74, 6) is -0.0425. The number of anilines is 1. The van der Waals surface area contributed by atoms with Crippen LogP contribution in [0.15, 0.2) is 18.2 Å². The van der Waals surface area contributed by atoms with Gasteiger partial charge in [-0.3, -0.25) is 9.59 Å². The molecule has 1 saturated carbocycles. The van der Waals surface area contributed by atoms with E-state index in [2.05, 4.69) is 17.4 Å². The Morgan fingerprint density at radius 2 is 1.87 bits per heavy atom. The average Bonchev–Trinajstić information content (AvgIpc) is 3.26. The van der Waals surface area contributed by atoms with Crippen molar-refractivity contribution in [2.45, 2.75) is 57.4 Å². The lowest BCUT2D eigenvalue weighted by Gasteiger charge is -2.23. The fourth-order valence-corrected chi connectivity index (χ4v) is 4.37. The van der Waals surface area contributed by atoms with Gasteiger partial charge < -0.3 is 10.2 Å². The Balaban J connectivity index is 1.40. The first-order valence-electron chi connectivity index (χ1n) is 8.93. The van der Waals surface area contributed by atoms with E-state index >= 15 is 0 Å². The van der Waals surface area contributed by atoms with Gasteiger partial charge in [-0.15, -0.1) is 0 Å². The zero-order chi connectivity index (χ0) is 15.8. The molecule has 0 bridgehead atoms. The Morgan fingerprint density at radius 1 is 1.09 bits per heavy atom. The smallest absolute Gasteiger partial charge is 0.229 e. The molecule has 1 aromatic rings. The Morgan fingerprint density at radius 3 is 2.70 bits per heavy atom. The summed E-state index contributed by atoms with van der Waals surface area (Å²) >= 11 is 0. The molecule has 0 spiro atoms. The van der Waals surface area contributed by atoms with Crippen LogP contribution in [0.5, 0.6) is 0 Å². The number of amides is 2. The normalized spacial score (nSPS) is 24.3. The van der Waals surface area contributed by atoms with Crippen LogP contribution in [-0.4, -0.2) is 29.3 Å². The van der Waals surface area contributed by atoms with Crippen LogP contribution in [0.2, 0.25) is 0 Å². The van der Waals surface area contributed by atoms with Crippen LogP contribution in [0, 0.1) is 5.92 Å². The van der Waals surface area contributed by atoms with Gasteiger partial charge in [-0.25, -0.2) is 0 Å². The lowest BCUT2D eigenvalue weighted by Crippen LogP contribution is -2.35. The second-order valence-corrected chi connectivity index (χ2v) is 7.21. The molecule has 0 aromatic heterocycles. The third kappa shape index (κ3) is 2.87. The monoisotopic (exact) mass is 312 g/mol. The summed E-state index contributed by atoms with van der Waals surface area (Å²) in [4.78, 5) is 26.7. The highest BCUT2D eigenvalue weighted by Crippen LogP contribution is 2.30. The Kier molecular flexibility index (Phi) is 3.83. The molecule has 1 saturated heterocycles. The van der Waals surface area contributed by atoms with Gasteiger partial charge >= 0.3 is 0 Å². The first-order valence-corrected chi connectivity index (χ1v) is 8.93. The van der Waals surface area contributed by atoms with Crippen LogP contribution >= 0.6 is 0 Å². The van der Waals surface area contributed by atoms with Crippen molar-refractivity contribution < 1.29 is 9.59 Å². The first-order chi connectivity index (χ1) is 11.2. The molecule has 2 fully saturated rings. The van der Waals surface area contributed by atoms with Crippen molar-refractivity contribution >= 4 is 17.5 Å². The van der Waals surface area contributed by atoms with Crippen LogP contribution in [-0.2, 0) is 22.4 Å². The summed E-state index contributed by atoms with van der Waals surface area (Å²) in [5.41, 5.74) is 3.65. The first kappa shape index (κ1) is 14.7. The van der Waals surface area contributed by atoms with E-state index in [0.29, 0.717) is 19.0 Å². The van der Waals surface area contributed by atoms with E-state index in [4.69, 9.17) is 0 Å². The van der Waals surface area contributed by atoms with Crippen molar-refractivity contribution in [1.82, 2.24) is 4.90 Å². The van der Waals surface area contributed by atoms with Gasteiger partial charge in [0.2, 0.25) is 11.8 Å². The summed E-state index contributed by atoms with van der Waals surface area (Å²) in [5, 5.41) is 3.03. The predicted molar refractivity (Wildman–Crippen MR) is 89.2 cm³/mol. The topological polar surface area (TPSA) is 49.4 Å². The molecule has 3 aliphatic rings. The summed E-state index contributed by atoms with van der Waals surface area (Å²) in [6, 6.07) is 6.60. The van der Waals surface area contributed by atoms with E-state index in [0.717, 1.165) is 31.4 Å². The molecule has 1 aromatic carbocycles. The van der Waals surface area contributed by atoms with Crippen molar-refractivity contribution in [2.24, 2.45) is 5.92 Å². The van der Waals surface area contributed by atoms with Crippen molar-refractivity contribution in [1.29, 1.82) is 0 Å². The van der Waals surface area contributed by atoms with Gasteiger partial charge in [-0.2, -0.15) is 0 Å². The van der Waals surface area contributed by atoms with Gasteiger partial charge in [0.05, 0.1) is 5.92 Å². The van der Waals surface area contributed by atoms with E-state index < -0.39 is 0 Å². The van der Waals surface area contributed by atoms with E-state index in [1.165, 1.54) is 30.4 Å². The zero-order valence-electron chi connectivity index (χ0n) is 13.5. The number of carbonyl (C=O) groups is 2. The number of fused-ring (bicyclic) bond motifs is 1. The maximum absolute atomic E-state index is 12.5. The predicted octanol–water partition coefficient (Wildman–Crippen LogP) is 2.90. The second kappa shape index (κ2) is 5.99. The van der Waals surface area contributed by atoms with E-state index in [9.17, 15) is 9.59 Å². The molecule has 2 aliphatic carbocycles. The fourth-order valence-electron chi connectivity index (χ4n) is 4.37. The van der Waals surface area contributed by atoms with Crippen molar-refractivity contribution in [2.75, 3.05) is 11.9 Å². The molecule has 1 N–H and O–H groups in total. The van der Waals surface area contributed by atoms with E-state index in [-0.39, 0.29) is 17.7 Å². The molecule has 0 radical (unpaired) electrons. The summed E-state index contributed by atoms with van der Waals surface area (Å²) in [6.45, 7) is 0.597. The van der Waals surface area contributed by atoms with Crippen molar-refractivity contribution in [3.05, 3.63) is 29.3 Å². The molecule has 122 valence electrons. The zero-order valence-corrected chi connectivity index (χ0v) is 13.5. The highest BCUT2D eigenvalue weighted by atomic mass is 16.2. The molecule has 4 heteroatoms. The van der Waals surface area contributed by atoms with Gasteiger partial charge in [0, 0.05) is 24.7 Å². The molecule has 1 atom stereocenters. The fraction of sp³-hybridized carbons (Fsp3) is 0.579. The quantitative estimate of drug-likeness (QED) is 0.933. The number of hydrogen-bond donors (Lipinski definition) is 1. The number of benzene rings is 1. The van der Waals surface area contributed by atoms with Gasteiger partial charge in [-0.1, -0.05) is 18.9 Å². The molecule has 1 aliphatic heterocycles. The number of rotatable bonds is 3. The molecule has 2 amide bonds. The standard InChI is InChI=1S/C19H24N2O2/c22-18-11-15(12-21(18)17-6-1-2-7-17)19(23)20-16-9-8-13-4-3-5-14(13)10-16/h8-10,15,17H,1-7,11-12H2,(H,20,23)/t15-/m0/s1. The van der Waals surface area contributed by atoms with Crippen molar-refractivity contribution in [3.8, 4) is 0 Å². The minimum Gasteiger partial charge on any atom is -0.339 e. The number of aryl methyl sites for hydroxylation is 2. The second-order valence-electron chi connectivity index (χ2n) is 7.21. The van der Waals surface area contributed by atoms with Crippen LogP contribution in [0.25, 0.3) is 0 Å². The molecule has 0 unspecified atom stereocenters. The average molecular weight is 312 g/mol. The van der Waals surface area contributed by atoms with Crippen LogP contribution in [0.3, 0.4) is 0 Å². The Labute approximate surface area is 137 Å². The minimum absolute atomic E-state index is 0.00297. The third-order valence-corrected chi connectivity index (χ3v) is 5.66. The van der Waals surface area contributed by atoms with Crippen LogP contribution < -0.4 is 5.32 Å². The maximum Gasteiger partial charge on any atom is 0.229 e. The SMILES string of the molecule is O=C(Nc1ccc2c(c1)CCC2)[C@H]1CC(=O)N(C2CCCC2)C1. The number of nitrogens with zero attached hydrogens (tertiary/aromatic N) is 1. The highest BCUT2D eigenvalue weighted by molar-refractivity contribution is 5.97. The molecule has 1 heterocycles. The highest BCUT2D eigenvalue weighted by Gasteiger charge is 2.38. The number of nitrogens with one attached hydrogen (secondary N) is 1. The molecule has 23 heavy (non-hydrogen) atoms. The number of hydrogen-bond acceptors (Lipinski definition) is 2. The Bertz CT molecular complexity index is 634. The van der Waals surface area contributed by atoms with Crippen molar-refractivity contribution in [3.63, 3.8) is 0 Å². The largest absolute Gasteiger partial charge is 0.339 e. The lowest BCUT2D eigenvalue weighted by molar-refractivity contribution is -0.129. The van der Waals surface area contributed by atoms with Gasteiger partial charge in [0.1, 0.15) is 0 Å². The Hall–Kier alpha value is -1.84. The molecular weight excluding hydrogens is 288 g/mol. The molecule has 4 rings (SSSR count).